The largest absolute Gasteiger partial charge is 0.352 e. The molecule has 0 aliphatic carbocycles. The van der Waals surface area contributed by atoms with Gasteiger partial charge in [-0.3, -0.25) is 9.59 Å². The molecule has 2 amide bonds. The van der Waals surface area contributed by atoms with Crippen molar-refractivity contribution in [3.05, 3.63) is 29.8 Å². The van der Waals surface area contributed by atoms with Crippen LogP contribution in [0.15, 0.2) is 29.2 Å². The summed E-state index contributed by atoms with van der Waals surface area (Å²) >= 11 is 1.51. The molecule has 1 unspecified atom stereocenters. The number of hydrogen-bond acceptors (Lipinski definition) is 5. The Labute approximate surface area is 159 Å². The molecule has 3 N–H and O–H groups in total. The standard InChI is InChI=1S/C17H27N3O4S2/c1-12(2)19-16(21)11-18-17(22)15(9-10-25-4)20-26(23,24)14-7-5-13(3)6-8-14/h5-8,12,15,20H,9-11H2,1-4H3,(H,18,22)(H,19,21). The number of sulfonamides is 1. The maximum Gasteiger partial charge on any atom is 0.241 e. The van der Waals surface area contributed by atoms with E-state index in [4.69, 9.17) is 0 Å². The Morgan fingerprint density at radius 1 is 1.15 bits per heavy atom. The van der Waals surface area contributed by atoms with E-state index in [1.807, 2.05) is 27.0 Å². The summed E-state index contributed by atoms with van der Waals surface area (Å²) in [6.45, 7) is 5.30. The molecular weight excluding hydrogens is 374 g/mol. The van der Waals surface area contributed by atoms with Crippen molar-refractivity contribution in [1.82, 2.24) is 15.4 Å². The monoisotopic (exact) mass is 401 g/mol. The molecule has 0 aliphatic rings. The van der Waals surface area contributed by atoms with Crippen LogP contribution in [0.3, 0.4) is 0 Å². The van der Waals surface area contributed by atoms with Crippen molar-refractivity contribution in [3.8, 4) is 0 Å². The van der Waals surface area contributed by atoms with Gasteiger partial charge >= 0.3 is 0 Å². The van der Waals surface area contributed by atoms with Crippen LogP contribution in [0.2, 0.25) is 0 Å². The van der Waals surface area contributed by atoms with Crippen LogP contribution in [0, 0.1) is 6.92 Å². The lowest BCUT2D eigenvalue weighted by molar-refractivity contribution is -0.127. The minimum atomic E-state index is -3.83. The lowest BCUT2D eigenvalue weighted by Crippen LogP contribution is -2.49. The summed E-state index contributed by atoms with van der Waals surface area (Å²) in [5.74, 6) is -0.237. The number of aryl methyl sites for hydroxylation is 1. The van der Waals surface area contributed by atoms with Crippen LogP contribution in [0.5, 0.6) is 0 Å². The van der Waals surface area contributed by atoms with E-state index in [1.54, 1.807) is 12.1 Å². The van der Waals surface area contributed by atoms with Crippen molar-refractivity contribution >= 4 is 33.6 Å². The van der Waals surface area contributed by atoms with Gasteiger partial charge in [-0.2, -0.15) is 16.5 Å². The number of rotatable bonds is 10. The average Bonchev–Trinajstić information content (AvgIpc) is 2.56. The topological polar surface area (TPSA) is 104 Å². The molecule has 0 fully saturated rings. The summed E-state index contributed by atoms with van der Waals surface area (Å²) in [5, 5.41) is 5.16. The van der Waals surface area contributed by atoms with Gasteiger partial charge in [0.15, 0.2) is 0 Å². The second-order valence-corrected chi connectivity index (χ2v) is 8.91. The van der Waals surface area contributed by atoms with Gasteiger partial charge in [0.2, 0.25) is 21.8 Å². The summed E-state index contributed by atoms with van der Waals surface area (Å²) in [4.78, 5) is 24.1. The Kier molecular flexibility index (Phi) is 9.11. The van der Waals surface area contributed by atoms with Gasteiger partial charge in [0.25, 0.3) is 0 Å². The number of nitrogens with one attached hydrogen (secondary N) is 3. The third kappa shape index (κ3) is 7.76. The van der Waals surface area contributed by atoms with Crippen molar-refractivity contribution in [3.63, 3.8) is 0 Å². The summed E-state index contributed by atoms with van der Waals surface area (Å²) in [6, 6.07) is 5.41. The number of carbonyl (C=O) groups is 2. The number of benzene rings is 1. The van der Waals surface area contributed by atoms with Gasteiger partial charge in [0.1, 0.15) is 6.04 Å². The summed E-state index contributed by atoms with van der Waals surface area (Å²) < 4.78 is 27.5. The molecule has 1 aromatic rings. The zero-order valence-corrected chi connectivity index (χ0v) is 17.2. The van der Waals surface area contributed by atoms with Gasteiger partial charge in [-0.1, -0.05) is 17.7 Å². The highest BCUT2D eigenvalue weighted by molar-refractivity contribution is 7.98. The van der Waals surface area contributed by atoms with Crippen LogP contribution in [-0.4, -0.2) is 50.9 Å². The van der Waals surface area contributed by atoms with E-state index >= 15 is 0 Å². The predicted molar refractivity (Wildman–Crippen MR) is 105 cm³/mol. The van der Waals surface area contributed by atoms with E-state index in [-0.39, 0.29) is 23.4 Å². The van der Waals surface area contributed by atoms with Crippen LogP contribution in [0.4, 0.5) is 0 Å². The molecule has 1 rings (SSSR count). The fraction of sp³-hybridized carbons (Fsp3) is 0.529. The molecule has 1 aromatic carbocycles. The molecule has 9 heteroatoms. The molecule has 7 nitrogen and oxygen atoms in total. The lowest BCUT2D eigenvalue weighted by atomic mass is 10.2. The normalized spacial score (nSPS) is 12.7. The van der Waals surface area contributed by atoms with Crippen molar-refractivity contribution in [2.24, 2.45) is 0 Å². The molecule has 0 radical (unpaired) electrons. The van der Waals surface area contributed by atoms with E-state index in [1.165, 1.54) is 23.9 Å². The van der Waals surface area contributed by atoms with Crippen LogP contribution < -0.4 is 15.4 Å². The molecule has 1 atom stereocenters. The van der Waals surface area contributed by atoms with Gasteiger partial charge in [-0.05, 0) is 51.3 Å². The Balaban J connectivity index is 2.80. The second kappa shape index (κ2) is 10.5. The first kappa shape index (κ1) is 22.5. The second-order valence-electron chi connectivity index (χ2n) is 6.21. The summed E-state index contributed by atoms with van der Waals surface area (Å²) in [6.07, 6.45) is 2.20. The van der Waals surface area contributed by atoms with E-state index < -0.39 is 22.0 Å². The van der Waals surface area contributed by atoms with Crippen LogP contribution in [0.1, 0.15) is 25.8 Å². The quantitative estimate of drug-likeness (QED) is 0.543. The Morgan fingerprint density at radius 2 is 1.77 bits per heavy atom. The van der Waals surface area contributed by atoms with Crippen LogP contribution in [-0.2, 0) is 19.6 Å². The number of thioether (sulfide) groups is 1. The first-order chi connectivity index (χ1) is 12.2. The first-order valence-electron chi connectivity index (χ1n) is 8.30. The van der Waals surface area contributed by atoms with Crippen molar-refractivity contribution in [2.75, 3.05) is 18.6 Å². The van der Waals surface area contributed by atoms with E-state index in [0.29, 0.717) is 12.2 Å². The van der Waals surface area contributed by atoms with Gasteiger partial charge in [0.05, 0.1) is 11.4 Å². The molecule has 0 heterocycles. The molecule has 0 spiro atoms. The zero-order valence-electron chi connectivity index (χ0n) is 15.5. The van der Waals surface area contributed by atoms with Crippen molar-refractivity contribution in [1.29, 1.82) is 0 Å². The number of carbonyl (C=O) groups excluding carboxylic acids is 2. The zero-order chi connectivity index (χ0) is 19.7. The first-order valence-corrected chi connectivity index (χ1v) is 11.2. The molecule has 146 valence electrons. The Morgan fingerprint density at radius 3 is 2.31 bits per heavy atom. The molecule has 0 aliphatic heterocycles. The summed E-state index contributed by atoms with van der Waals surface area (Å²) in [7, 11) is -3.83. The summed E-state index contributed by atoms with van der Waals surface area (Å²) in [5.41, 5.74) is 0.941. The van der Waals surface area contributed by atoms with E-state index in [2.05, 4.69) is 15.4 Å². The fourth-order valence-electron chi connectivity index (χ4n) is 2.12. The van der Waals surface area contributed by atoms with E-state index in [9.17, 15) is 18.0 Å². The highest BCUT2D eigenvalue weighted by Gasteiger charge is 2.25. The molecular formula is C17H27N3O4S2. The molecule has 0 bridgehead atoms. The predicted octanol–water partition coefficient (Wildman–Crippen LogP) is 1.04. The Bertz CT molecular complexity index is 703. The van der Waals surface area contributed by atoms with Crippen molar-refractivity contribution < 1.29 is 18.0 Å². The van der Waals surface area contributed by atoms with Crippen LogP contribution in [0.25, 0.3) is 0 Å². The number of hydrogen-bond donors (Lipinski definition) is 3. The highest BCUT2D eigenvalue weighted by Crippen LogP contribution is 2.12. The SMILES string of the molecule is CSCCC(NS(=O)(=O)c1ccc(C)cc1)C(=O)NCC(=O)NC(C)C. The lowest BCUT2D eigenvalue weighted by Gasteiger charge is -2.18. The molecule has 0 saturated carbocycles. The molecule has 26 heavy (non-hydrogen) atoms. The van der Waals surface area contributed by atoms with Gasteiger partial charge in [-0.25, -0.2) is 8.42 Å². The third-order valence-electron chi connectivity index (χ3n) is 3.43. The maximum absolute atomic E-state index is 12.5. The third-order valence-corrected chi connectivity index (χ3v) is 5.56. The fourth-order valence-corrected chi connectivity index (χ4v) is 3.82. The molecule has 0 aromatic heterocycles. The molecule has 0 saturated heterocycles. The van der Waals surface area contributed by atoms with Gasteiger partial charge in [0, 0.05) is 6.04 Å². The van der Waals surface area contributed by atoms with E-state index in [0.717, 1.165) is 5.56 Å². The van der Waals surface area contributed by atoms with Crippen molar-refractivity contribution in [2.45, 2.75) is 44.2 Å². The highest BCUT2D eigenvalue weighted by atomic mass is 32.2. The minimum Gasteiger partial charge on any atom is -0.352 e. The average molecular weight is 402 g/mol. The smallest absolute Gasteiger partial charge is 0.241 e. The Hall–Kier alpha value is -1.58. The van der Waals surface area contributed by atoms with Gasteiger partial charge in [-0.15, -0.1) is 0 Å². The number of amides is 2. The van der Waals surface area contributed by atoms with Crippen LogP contribution >= 0.6 is 11.8 Å². The maximum atomic E-state index is 12.5. The van der Waals surface area contributed by atoms with Gasteiger partial charge < -0.3 is 10.6 Å². The minimum absolute atomic E-state index is 0.0354.